The van der Waals surface area contributed by atoms with Crippen LogP contribution < -0.4 is 0 Å². The SMILES string of the molecule is CC(C)(C)[Si](C)(C)OC12CC3CC(C1)C(C(=O)/C=C/c1c(F)cccc1-c1cn(C(c4ccccc4)(c4ccccc4)c4ccccc4)cn1)C(C3)C2. The van der Waals surface area contributed by atoms with Crippen LogP contribution in [-0.2, 0) is 14.8 Å². The van der Waals surface area contributed by atoms with E-state index in [0.717, 1.165) is 48.8 Å². The third-order valence-corrected chi connectivity index (χ3v) is 17.7. The van der Waals surface area contributed by atoms with Gasteiger partial charge < -0.3 is 8.99 Å². The number of carbonyl (C=O) groups is 1. The van der Waals surface area contributed by atoms with Crippen molar-refractivity contribution in [1.29, 1.82) is 0 Å². The third kappa shape index (κ3) is 6.28. The Balaban J connectivity index is 1.12. The maximum Gasteiger partial charge on any atom is 0.192 e. The van der Waals surface area contributed by atoms with Gasteiger partial charge in [0.2, 0.25) is 0 Å². The predicted molar refractivity (Wildman–Crippen MR) is 214 cm³/mol. The van der Waals surface area contributed by atoms with Gasteiger partial charge in [-0.15, -0.1) is 0 Å². The van der Waals surface area contributed by atoms with Gasteiger partial charge >= 0.3 is 0 Å². The monoisotopic (exact) mass is 722 g/mol. The highest BCUT2D eigenvalue weighted by Crippen LogP contribution is 2.61. The number of halogens is 1. The van der Waals surface area contributed by atoms with Crippen LogP contribution in [0.2, 0.25) is 18.1 Å². The minimum absolute atomic E-state index is 0.0309. The Hall–Kier alpha value is -4.39. The molecule has 1 heterocycles. The molecule has 6 heteroatoms. The number of allylic oxidation sites excluding steroid dienone is 1. The fraction of sp³-hybridized carbons (Fsp3) is 0.362. The predicted octanol–water partition coefficient (Wildman–Crippen LogP) is 11.3. The molecule has 4 aliphatic rings. The molecule has 0 spiro atoms. The summed E-state index contributed by atoms with van der Waals surface area (Å²) in [6, 6.07) is 36.4. The molecule has 2 atom stereocenters. The zero-order chi connectivity index (χ0) is 37.0. The Kier molecular flexibility index (Phi) is 9.06. The van der Waals surface area contributed by atoms with E-state index in [2.05, 4.69) is 111 Å². The molecule has 0 saturated heterocycles. The van der Waals surface area contributed by atoms with Gasteiger partial charge in [0, 0.05) is 23.2 Å². The minimum Gasteiger partial charge on any atom is -0.411 e. The molecule has 0 aliphatic heterocycles. The maximum absolute atomic E-state index is 15.8. The summed E-state index contributed by atoms with van der Waals surface area (Å²) in [6.45, 7) is 11.6. The Morgan fingerprint density at radius 3 is 1.89 bits per heavy atom. The van der Waals surface area contributed by atoms with Crippen LogP contribution in [0.5, 0.6) is 0 Å². The van der Waals surface area contributed by atoms with Crippen LogP contribution in [0.15, 0.2) is 128 Å². The number of imidazole rings is 1. The quantitative estimate of drug-likeness (QED) is 0.0819. The molecule has 5 aromatic rings. The van der Waals surface area contributed by atoms with Crippen molar-refractivity contribution in [2.45, 2.75) is 82.1 Å². The van der Waals surface area contributed by atoms with E-state index in [4.69, 9.17) is 9.41 Å². The molecule has 0 N–H and O–H groups in total. The number of nitrogens with zero attached hydrogens (tertiary/aromatic N) is 2. The van der Waals surface area contributed by atoms with Gasteiger partial charge in [-0.25, -0.2) is 9.37 Å². The van der Waals surface area contributed by atoms with Crippen molar-refractivity contribution in [2.75, 3.05) is 0 Å². The van der Waals surface area contributed by atoms with Crippen molar-refractivity contribution in [2.24, 2.45) is 23.7 Å². The third-order valence-electron chi connectivity index (χ3n) is 13.1. The maximum atomic E-state index is 15.8. The number of hydrogen-bond donors (Lipinski definition) is 0. The molecule has 4 saturated carbocycles. The molecule has 2 unspecified atom stereocenters. The summed E-state index contributed by atoms with van der Waals surface area (Å²) in [6.07, 6.45) is 12.5. The molecule has 272 valence electrons. The van der Waals surface area contributed by atoms with Crippen molar-refractivity contribution < 1.29 is 13.6 Å². The molecule has 4 nitrogen and oxygen atoms in total. The van der Waals surface area contributed by atoms with Gasteiger partial charge in [0.25, 0.3) is 0 Å². The second kappa shape index (κ2) is 13.5. The number of ketones is 1. The van der Waals surface area contributed by atoms with Crippen LogP contribution in [0.25, 0.3) is 17.3 Å². The first-order chi connectivity index (χ1) is 25.4. The number of hydrogen-bond acceptors (Lipinski definition) is 3. The fourth-order valence-electron chi connectivity index (χ4n) is 10.1. The van der Waals surface area contributed by atoms with E-state index in [1.54, 1.807) is 18.2 Å². The number of benzene rings is 4. The van der Waals surface area contributed by atoms with E-state index in [1.165, 1.54) is 6.07 Å². The van der Waals surface area contributed by atoms with E-state index in [1.807, 2.05) is 36.8 Å². The van der Waals surface area contributed by atoms with Crippen LogP contribution in [0.3, 0.4) is 0 Å². The molecule has 0 radical (unpaired) electrons. The van der Waals surface area contributed by atoms with E-state index >= 15 is 4.39 Å². The summed E-state index contributed by atoms with van der Waals surface area (Å²) in [4.78, 5) is 19.1. The topological polar surface area (TPSA) is 44.1 Å². The van der Waals surface area contributed by atoms with Crippen molar-refractivity contribution >= 4 is 20.2 Å². The normalized spacial score (nSPS) is 24.2. The highest BCUT2D eigenvalue weighted by atomic mass is 28.4. The molecule has 4 aliphatic carbocycles. The number of carbonyl (C=O) groups excluding carboxylic acids is 1. The molecule has 4 aromatic carbocycles. The zero-order valence-corrected chi connectivity index (χ0v) is 32.6. The van der Waals surface area contributed by atoms with Gasteiger partial charge in [0.1, 0.15) is 11.4 Å². The Labute approximate surface area is 315 Å². The summed E-state index contributed by atoms with van der Waals surface area (Å²) in [5.41, 5.74) is 4.10. The van der Waals surface area contributed by atoms with E-state index < -0.39 is 13.9 Å². The van der Waals surface area contributed by atoms with Crippen molar-refractivity contribution in [3.63, 3.8) is 0 Å². The second-order valence-electron chi connectivity index (χ2n) is 17.5. The summed E-state index contributed by atoms with van der Waals surface area (Å²) in [5.74, 6) is 0.998. The number of rotatable bonds is 10. The van der Waals surface area contributed by atoms with Crippen LogP contribution in [0.1, 0.15) is 75.1 Å². The van der Waals surface area contributed by atoms with Gasteiger partial charge in [-0.3, -0.25) is 4.79 Å². The molecule has 0 amide bonds. The molecular formula is C47H51FN2O2Si. The standard InChI is InChI=1S/C47H51FN2O2Si/c1-45(2,3)53(4,5)52-46-28-33-26-34(29-46)44(35(27-33)30-46)43(51)25-24-39-40(22-15-23-41(39)48)42-31-50(32-49-42)47(36-16-9-6-10-17-36,37-18-11-7-12-19-37)38-20-13-8-14-21-38/h6-25,31-35,44H,26-30H2,1-5H3/b25-24+. The lowest BCUT2D eigenvalue weighted by Crippen LogP contribution is -2.61. The molecule has 1 aromatic heterocycles. The first-order valence-corrected chi connectivity index (χ1v) is 22.2. The Morgan fingerprint density at radius 1 is 0.811 bits per heavy atom. The van der Waals surface area contributed by atoms with Gasteiger partial charge in [-0.1, -0.05) is 124 Å². The van der Waals surface area contributed by atoms with E-state index in [9.17, 15) is 4.79 Å². The molecule has 53 heavy (non-hydrogen) atoms. The van der Waals surface area contributed by atoms with Crippen molar-refractivity contribution in [3.8, 4) is 11.3 Å². The largest absolute Gasteiger partial charge is 0.411 e. The van der Waals surface area contributed by atoms with Crippen LogP contribution in [0.4, 0.5) is 4.39 Å². The number of aromatic nitrogens is 2. The van der Waals surface area contributed by atoms with Gasteiger partial charge in [0.05, 0.1) is 17.6 Å². The minimum atomic E-state index is -1.96. The summed E-state index contributed by atoms with van der Waals surface area (Å²) in [7, 11) is -1.96. The highest BCUT2D eigenvalue weighted by Gasteiger charge is 2.59. The van der Waals surface area contributed by atoms with Crippen LogP contribution in [0, 0.1) is 29.5 Å². The lowest BCUT2D eigenvalue weighted by Gasteiger charge is -2.61. The molecule has 9 rings (SSSR count). The fourth-order valence-corrected chi connectivity index (χ4v) is 11.7. The molecular weight excluding hydrogens is 672 g/mol. The molecule has 4 bridgehead atoms. The average Bonchev–Trinajstić information content (AvgIpc) is 3.62. The van der Waals surface area contributed by atoms with E-state index in [-0.39, 0.29) is 28.2 Å². The van der Waals surface area contributed by atoms with Crippen LogP contribution in [-0.4, -0.2) is 29.3 Å². The van der Waals surface area contributed by atoms with Crippen molar-refractivity contribution in [1.82, 2.24) is 9.55 Å². The van der Waals surface area contributed by atoms with Gasteiger partial charge in [-0.2, -0.15) is 0 Å². The van der Waals surface area contributed by atoms with Gasteiger partial charge in [-0.05, 0) is 103 Å². The Bertz CT molecular complexity index is 2010. The summed E-state index contributed by atoms with van der Waals surface area (Å²) >= 11 is 0. The van der Waals surface area contributed by atoms with Gasteiger partial charge in [0.15, 0.2) is 14.1 Å². The first-order valence-electron chi connectivity index (χ1n) is 19.3. The zero-order valence-electron chi connectivity index (χ0n) is 31.6. The van der Waals surface area contributed by atoms with Crippen molar-refractivity contribution in [3.05, 3.63) is 156 Å². The highest BCUT2D eigenvalue weighted by molar-refractivity contribution is 6.74. The summed E-state index contributed by atoms with van der Waals surface area (Å²) in [5, 5.41) is 0.147. The van der Waals surface area contributed by atoms with Crippen LogP contribution >= 0.6 is 0 Å². The molecule has 4 fully saturated rings. The first kappa shape index (κ1) is 35.6. The Morgan fingerprint density at radius 2 is 1.36 bits per heavy atom. The lowest BCUT2D eigenvalue weighted by atomic mass is 9.49. The smallest absolute Gasteiger partial charge is 0.192 e. The lowest BCUT2D eigenvalue weighted by molar-refractivity contribution is -0.156. The summed E-state index contributed by atoms with van der Waals surface area (Å²) < 4.78 is 25.2. The average molecular weight is 723 g/mol. The van der Waals surface area contributed by atoms with E-state index in [0.29, 0.717) is 34.6 Å². The second-order valence-corrected chi connectivity index (χ2v) is 22.2.